The smallest absolute Gasteiger partial charge is 0.0672 e. The summed E-state index contributed by atoms with van der Waals surface area (Å²) >= 11 is 0. The molecular weight excluding hydrogens is 234 g/mol. The van der Waals surface area contributed by atoms with Crippen molar-refractivity contribution in [1.82, 2.24) is 9.78 Å². The Morgan fingerprint density at radius 3 is 3.11 bits per heavy atom. The monoisotopic (exact) mass is 255 g/mol. The molecule has 3 nitrogen and oxygen atoms in total. The molecule has 0 unspecified atom stereocenters. The van der Waals surface area contributed by atoms with Crippen LogP contribution in [0.1, 0.15) is 31.0 Å². The molecule has 19 heavy (non-hydrogen) atoms. The van der Waals surface area contributed by atoms with Gasteiger partial charge in [-0.3, -0.25) is 4.68 Å². The molecule has 3 heteroatoms. The number of fused-ring (bicyclic) bond motifs is 1. The Kier molecular flexibility index (Phi) is 3.28. The van der Waals surface area contributed by atoms with E-state index in [4.69, 9.17) is 0 Å². The van der Waals surface area contributed by atoms with Gasteiger partial charge in [0.05, 0.1) is 5.69 Å². The summed E-state index contributed by atoms with van der Waals surface area (Å²) in [6, 6.07) is 6.74. The van der Waals surface area contributed by atoms with E-state index in [1.54, 1.807) is 0 Å². The maximum atomic E-state index is 4.59. The highest BCUT2D eigenvalue weighted by Crippen LogP contribution is 2.29. The van der Waals surface area contributed by atoms with Crippen molar-refractivity contribution in [1.29, 1.82) is 0 Å². The van der Waals surface area contributed by atoms with Crippen LogP contribution in [-0.2, 0) is 13.0 Å². The molecule has 0 bridgehead atoms. The van der Waals surface area contributed by atoms with Crippen molar-refractivity contribution in [3.63, 3.8) is 0 Å². The van der Waals surface area contributed by atoms with Gasteiger partial charge in [0, 0.05) is 30.5 Å². The predicted molar refractivity (Wildman–Crippen MR) is 79.5 cm³/mol. The van der Waals surface area contributed by atoms with Crippen LogP contribution in [0.4, 0.5) is 5.69 Å². The molecule has 1 N–H and O–H groups in total. The number of anilines is 1. The second kappa shape index (κ2) is 5.08. The van der Waals surface area contributed by atoms with E-state index in [9.17, 15) is 0 Å². The van der Waals surface area contributed by atoms with Gasteiger partial charge in [-0.25, -0.2) is 0 Å². The van der Waals surface area contributed by atoms with E-state index in [-0.39, 0.29) is 0 Å². The van der Waals surface area contributed by atoms with Crippen LogP contribution in [0.15, 0.2) is 24.4 Å². The van der Waals surface area contributed by atoms with Crippen molar-refractivity contribution < 1.29 is 0 Å². The maximum Gasteiger partial charge on any atom is 0.0672 e. The fraction of sp³-hybridized carbons (Fsp3) is 0.438. The van der Waals surface area contributed by atoms with Crippen molar-refractivity contribution in [3.8, 4) is 11.1 Å². The summed E-state index contributed by atoms with van der Waals surface area (Å²) in [6.07, 6.45) is 5.70. The number of aromatic nitrogens is 2. The third-order valence-corrected chi connectivity index (χ3v) is 3.75. The lowest BCUT2D eigenvalue weighted by atomic mass is 9.98. The summed E-state index contributed by atoms with van der Waals surface area (Å²) in [7, 11) is 0. The Balaban J connectivity index is 1.97. The summed E-state index contributed by atoms with van der Waals surface area (Å²) in [5, 5.41) is 8.05. The minimum atomic E-state index is 0.993. The van der Waals surface area contributed by atoms with Crippen LogP contribution in [0.3, 0.4) is 0 Å². The number of benzene rings is 1. The van der Waals surface area contributed by atoms with E-state index in [0.717, 1.165) is 25.2 Å². The molecule has 3 rings (SSSR count). The summed E-state index contributed by atoms with van der Waals surface area (Å²) in [4.78, 5) is 0. The molecule has 2 heterocycles. The molecule has 0 saturated carbocycles. The predicted octanol–water partition coefficient (Wildman–Crippen LogP) is 3.63. The summed E-state index contributed by atoms with van der Waals surface area (Å²) in [5.41, 5.74) is 6.42. The molecule has 0 amide bonds. The standard InChI is InChI=1S/C16H21N3/c1-3-9-19-11-15(12(2)18-19)13-6-7-16-14(10-13)5-4-8-17-16/h6-7,10-11,17H,3-5,8-9H2,1-2H3. The molecule has 0 atom stereocenters. The van der Waals surface area contributed by atoms with Gasteiger partial charge in [0.1, 0.15) is 0 Å². The quantitative estimate of drug-likeness (QED) is 0.907. The Hall–Kier alpha value is -1.77. The Labute approximate surface area is 114 Å². The lowest BCUT2D eigenvalue weighted by molar-refractivity contribution is 0.598. The fourth-order valence-electron chi connectivity index (χ4n) is 2.79. The Morgan fingerprint density at radius 2 is 2.26 bits per heavy atom. The molecule has 0 spiro atoms. The van der Waals surface area contributed by atoms with Gasteiger partial charge in [-0.1, -0.05) is 13.0 Å². The van der Waals surface area contributed by atoms with Crippen LogP contribution in [0, 0.1) is 6.92 Å². The van der Waals surface area contributed by atoms with Crippen LogP contribution in [0.5, 0.6) is 0 Å². The van der Waals surface area contributed by atoms with Gasteiger partial charge in [0.15, 0.2) is 0 Å². The normalized spacial score (nSPS) is 14.0. The van der Waals surface area contributed by atoms with E-state index in [1.807, 2.05) is 0 Å². The molecule has 1 aliphatic rings. The maximum absolute atomic E-state index is 4.59. The van der Waals surface area contributed by atoms with Crippen molar-refractivity contribution in [2.45, 2.75) is 39.7 Å². The molecule has 0 radical (unpaired) electrons. The zero-order valence-corrected chi connectivity index (χ0v) is 11.7. The van der Waals surface area contributed by atoms with E-state index in [2.05, 4.69) is 53.3 Å². The van der Waals surface area contributed by atoms with Crippen LogP contribution in [0.25, 0.3) is 11.1 Å². The second-order valence-corrected chi connectivity index (χ2v) is 5.29. The van der Waals surface area contributed by atoms with Crippen LogP contribution in [-0.4, -0.2) is 16.3 Å². The average molecular weight is 255 g/mol. The van der Waals surface area contributed by atoms with Gasteiger partial charge >= 0.3 is 0 Å². The zero-order valence-electron chi connectivity index (χ0n) is 11.7. The first kappa shape index (κ1) is 12.3. The highest BCUT2D eigenvalue weighted by molar-refractivity contribution is 5.70. The molecule has 1 aromatic heterocycles. The van der Waals surface area contributed by atoms with E-state index < -0.39 is 0 Å². The summed E-state index contributed by atoms with van der Waals surface area (Å²) in [5.74, 6) is 0. The largest absolute Gasteiger partial charge is 0.385 e. The molecule has 0 aliphatic carbocycles. The molecular formula is C16H21N3. The molecule has 2 aromatic rings. The highest BCUT2D eigenvalue weighted by Gasteiger charge is 2.12. The molecule has 1 aromatic carbocycles. The number of rotatable bonds is 3. The number of nitrogens with one attached hydrogen (secondary N) is 1. The summed E-state index contributed by atoms with van der Waals surface area (Å²) < 4.78 is 2.06. The first-order valence-corrected chi connectivity index (χ1v) is 7.19. The number of aryl methyl sites for hydroxylation is 3. The molecule has 1 aliphatic heterocycles. The minimum absolute atomic E-state index is 0.993. The van der Waals surface area contributed by atoms with Crippen molar-refractivity contribution in [2.75, 3.05) is 11.9 Å². The highest BCUT2D eigenvalue weighted by atomic mass is 15.3. The Morgan fingerprint density at radius 1 is 1.37 bits per heavy atom. The molecule has 0 saturated heterocycles. The van der Waals surface area contributed by atoms with Gasteiger partial charge in [-0.2, -0.15) is 5.10 Å². The molecule has 0 fully saturated rings. The lowest BCUT2D eigenvalue weighted by Crippen LogP contribution is -2.11. The molecule has 100 valence electrons. The number of hydrogen-bond donors (Lipinski definition) is 1. The lowest BCUT2D eigenvalue weighted by Gasteiger charge is -2.18. The summed E-state index contributed by atoms with van der Waals surface area (Å²) in [6.45, 7) is 6.37. The van der Waals surface area contributed by atoms with Gasteiger partial charge in [0.25, 0.3) is 0 Å². The third kappa shape index (κ3) is 2.37. The second-order valence-electron chi connectivity index (χ2n) is 5.29. The number of nitrogens with zero attached hydrogens (tertiary/aromatic N) is 2. The van der Waals surface area contributed by atoms with E-state index >= 15 is 0 Å². The first-order valence-electron chi connectivity index (χ1n) is 7.19. The SMILES string of the molecule is CCCn1cc(-c2ccc3c(c2)CCCN3)c(C)n1. The fourth-order valence-corrected chi connectivity index (χ4v) is 2.79. The van der Waals surface area contributed by atoms with E-state index in [0.29, 0.717) is 0 Å². The average Bonchev–Trinajstić information content (AvgIpc) is 2.79. The van der Waals surface area contributed by atoms with Crippen LogP contribution < -0.4 is 5.32 Å². The Bertz CT molecular complexity index is 584. The topological polar surface area (TPSA) is 29.9 Å². The van der Waals surface area contributed by atoms with Crippen molar-refractivity contribution in [3.05, 3.63) is 35.7 Å². The zero-order chi connectivity index (χ0) is 13.2. The van der Waals surface area contributed by atoms with Crippen LogP contribution >= 0.6 is 0 Å². The third-order valence-electron chi connectivity index (χ3n) is 3.75. The van der Waals surface area contributed by atoms with Crippen LogP contribution in [0.2, 0.25) is 0 Å². The first-order chi connectivity index (χ1) is 9.28. The van der Waals surface area contributed by atoms with Crippen molar-refractivity contribution in [2.24, 2.45) is 0 Å². The number of hydrogen-bond acceptors (Lipinski definition) is 2. The van der Waals surface area contributed by atoms with E-state index in [1.165, 1.54) is 35.2 Å². The van der Waals surface area contributed by atoms with Gasteiger partial charge < -0.3 is 5.32 Å². The minimum Gasteiger partial charge on any atom is -0.385 e. The van der Waals surface area contributed by atoms with Gasteiger partial charge in [-0.05, 0) is 49.4 Å². The van der Waals surface area contributed by atoms with Crippen molar-refractivity contribution >= 4 is 5.69 Å². The van der Waals surface area contributed by atoms with Gasteiger partial charge in [0.2, 0.25) is 0 Å². The van der Waals surface area contributed by atoms with Gasteiger partial charge in [-0.15, -0.1) is 0 Å².